The summed E-state index contributed by atoms with van der Waals surface area (Å²) in [5.74, 6) is 1.04. The van der Waals surface area contributed by atoms with Crippen molar-refractivity contribution in [1.29, 1.82) is 0 Å². The van der Waals surface area contributed by atoms with Crippen molar-refractivity contribution in [2.24, 2.45) is 0 Å². The molecule has 1 aliphatic heterocycles. The van der Waals surface area contributed by atoms with Crippen LogP contribution in [0.3, 0.4) is 0 Å². The molecule has 3 aromatic rings. The molecule has 1 aromatic carbocycles. The molecule has 0 radical (unpaired) electrons. The van der Waals surface area contributed by atoms with Crippen LogP contribution < -0.4 is 4.90 Å². The minimum Gasteiger partial charge on any atom is -0.354 e. The van der Waals surface area contributed by atoms with E-state index >= 15 is 0 Å². The van der Waals surface area contributed by atoms with Gasteiger partial charge in [0.05, 0.1) is 5.69 Å². The Bertz CT molecular complexity index is 1130. The van der Waals surface area contributed by atoms with Crippen LogP contribution in [0.15, 0.2) is 65.8 Å². The highest BCUT2D eigenvalue weighted by atomic mass is 32.2. The number of allylic oxidation sites excluding steroid dienone is 3. The van der Waals surface area contributed by atoms with Crippen molar-refractivity contribution in [1.82, 2.24) is 14.9 Å². The molecule has 0 saturated carbocycles. The van der Waals surface area contributed by atoms with Gasteiger partial charge in [-0.2, -0.15) is 0 Å². The van der Waals surface area contributed by atoms with Gasteiger partial charge in [0.2, 0.25) is 0 Å². The Morgan fingerprint density at radius 1 is 0.935 bits per heavy atom. The molecule has 2 aromatic heterocycles. The van der Waals surface area contributed by atoms with Gasteiger partial charge in [0.25, 0.3) is 0 Å². The first kappa shape index (κ1) is 21.6. The Morgan fingerprint density at radius 3 is 2.48 bits per heavy atom. The standard InChI is InChI=1S/C26H30N4S/c1-5-19(3)31-25(6-2)21-7-8-22-18-28-24(16-23(22)15-21)20-9-10-27-26(17-20)30-13-11-29(4)12-14-30/h5-10,15-18H,11-14H2,1-4H3/b19-5-,25-6+. The van der Waals surface area contributed by atoms with Gasteiger partial charge in [-0.05, 0) is 67.9 Å². The second kappa shape index (κ2) is 9.67. The summed E-state index contributed by atoms with van der Waals surface area (Å²) in [6.45, 7) is 10.5. The second-order valence-corrected chi connectivity index (χ2v) is 9.27. The highest BCUT2D eigenvalue weighted by molar-refractivity contribution is 8.11. The first-order chi connectivity index (χ1) is 15.1. The van der Waals surface area contributed by atoms with E-state index in [-0.39, 0.29) is 0 Å². The summed E-state index contributed by atoms with van der Waals surface area (Å²) in [5.41, 5.74) is 3.34. The molecular formula is C26H30N4S. The number of benzene rings is 1. The molecular weight excluding hydrogens is 400 g/mol. The maximum Gasteiger partial charge on any atom is 0.129 e. The lowest BCUT2D eigenvalue weighted by Crippen LogP contribution is -2.44. The summed E-state index contributed by atoms with van der Waals surface area (Å²) in [4.78, 5) is 16.7. The zero-order valence-electron chi connectivity index (χ0n) is 18.8. The van der Waals surface area contributed by atoms with Gasteiger partial charge in [-0.25, -0.2) is 4.98 Å². The van der Waals surface area contributed by atoms with Gasteiger partial charge in [0.1, 0.15) is 5.82 Å². The molecule has 1 saturated heterocycles. The largest absolute Gasteiger partial charge is 0.354 e. The number of nitrogens with zero attached hydrogens (tertiary/aromatic N) is 4. The number of pyridine rings is 2. The third kappa shape index (κ3) is 5.00. The molecule has 0 bridgehead atoms. The number of fused-ring (bicyclic) bond motifs is 1. The van der Waals surface area contributed by atoms with E-state index in [1.165, 1.54) is 20.8 Å². The van der Waals surface area contributed by atoms with Crippen LogP contribution in [-0.2, 0) is 0 Å². The summed E-state index contributed by atoms with van der Waals surface area (Å²) in [7, 11) is 2.17. The van der Waals surface area contributed by atoms with Crippen LogP contribution >= 0.6 is 11.8 Å². The normalized spacial score (nSPS) is 16.2. The highest BCUT2D eigenvalue weighted by Crippen LogP contribution is 2.35. The van der Waals surface area contributed by atoms with Gasteiger partial charge in [0, 0.05) is 54.4 Å². The van der Waals surface area contributed by atoms with E-state index in [1.807, 2.05) is 24.2 Å². The molecule has 0 unspecified atom stereocenters. The van der Waals surface area contributed by atoms with Gasteiger partial charge in [-0.15, -0.1) is 0 Å². The smallest absolute Gasteiger partial charge is 0.129 e. The Balaban J connectivity index is 1.65. The van der Waals surface area contributed by atoms with Crippen molar-refractivity contribution >= 4 is 33.3 Å². The predicted molar refractivity (Wildman–Crippen MR) is 135 cm³/mol. The van der Waals surface area contributed by atoms with Crippen LogP contribution in [0.2, 0.25) is 0 Å². The molecule has 1 fully saturated rings. The Morgan fingerprint density at radius 2 is 1.74 bits per heavy atom. The predicted octanol–water partition coefficient (Wildman–Crippen LogP) is 6.07. The van der Waals surface area contributed by atoms with Crippen molar-refractivity contribution in [3.63, 3.8) is 0 Å². The summed E-state index contributed by atoms with van der Waals surface area (Å²) in [5, 5.41) is 2.36. The zero-order valence-corrected chi connectivity index (χ0v) is 19.6. The fourth-order valence-corrected chi connectivity index (χ4v) is 4.58. The molecule has 160 valence electrons. The van der Waals surface area contributed by atoms with Crippen LogP contribution in [0.25, 0.3) is 26.9 Å². The minimum atomic E-state index is 0.988. The number of hydrogen-bond donors (Lipinski definition) is 0. The number of rotatable bonds is 5. The third-order valence-electron chi connectivity index (χ3n) is 5.81. The maximum absolute atomic E-state index is 4.75. The Labute approximate surface area is 189 Å². The molecule has 0 N–H and O–H groups in total. The second-order valence-electron chi connectivity index (χ2n) is 7.98. The zero-order chi connectivity index (χ0) is 21.8. The monoisotopic (exact) mass is 430 g/mol. The van der Waals surface area contributed by atoms with E-state index in [1.54, 1.807) is 0 Å². The Kier molecular flexibility index (Phi) is 6.73. The fraction of sp³-hybridized carbons (Fsp3) is 0.308. The van der Waals surface area contributed by atoms with Crippen molar-refractivity contribution in [2.45, 2.75) is 20.8 Å². The number of hydrogen-bond acceptors (Lipinski definition) is 5. The fourth-order valence-electron chi connectivity index (χ4n) is 3.76. The topological polar surface area (TPSA) is 32.3 Å². The van der Waals surface area contributed by atoms with E-state index < -0.39 is 0 Å². The third-order valence-corrected chi connectivity index (χ3v) is 7.06. The summed E-state index contributed by atoms with van der Waals surface area (Å²) < 4.78 is 0. The molecule has 0 aliphatic carbocycles. The summed E-state index contributed by atoms with van der Waals surface area (Å²) in [6, 6.07) is 13.1. The van der Waals surface area contributed by atoms with Crippen molar-refractivity contribution in [2.75, 3.05) is 38.1 Å². The van der Waals surface area contributed by atoms with Crippen molar-refractivity contribution < 1.29 is 0 Å². The summed E-state index contributed by atoms with van der Waals surface area (Å²) in [6.07, 6.45) is 8.22. The molecule has 3 heterocycles. The number of piperazine rings is 1. The first-order valence-electron chi connectivity index (χ1n) is 10.8. The molecule has 0 atom stereocenters. The van der Waals surface area contributed by atoms with E-state index in [0.717, 1.165) is 48.6 Å². The molecule has 4 rings (SSSR count). The highest BCUT2D eigenvalue weighted by Gasteiger charge is 2.16. The maximum atomic E-state index is 4.75. The molecule has 0 amide bonds. The van der Waals surface area contributed by atoms with Crippen molar-refractivity contribution in [3.05, 3.63) is 71.4 Å². The van der Waals surface area contributed by atoms with Crippen LogP contribution in [0.4, 0.5) is 5.82 Å². The first-order valence-corrected chi connectivity index (χ1v) is 11.7. The average Bonchev–Trinajstić information content (AvgIpc) is 2.82. The van der Waals surface area contributed by atoms with Gasteiger partial charge in [0.15, 0.2) is 0 Å². The molecule has 1 aliphatic rings. The average molecular weight is 431 g/mol. The molecule has 0 spiro atoms. The van der Waals surface area contributed by atoms with Gasteiger partial charge < -0.3 is 9.80 Å². The lowest BCUT2D eigenvalue weighted by atomic mass is 10.1. The van der Waals surface area contributed by atoms with E-state index in [4.69, 9.17) is 4.98 Å². The number of aromatic nitrogens is 2. The lowest BCUT2D eigenvalue weighted by Gasteiger charge is -2.33. The van der Waals surface area contributed by atoms with E-state index in [9.17, 15) is 0 Å². The summed E-state index contributed by atoms with van der Waals surface area (Å²) >= 11 is 1.81. The minimum absolute atomic E-state index is 0.988. The van der Waals surface area contributed by atoms with Crippen LogP contribution in [0.5, 0.6) is 0 Å². The number of thioether (sulfide) groups is 1. The quantitative estimate of drug-likeness (QED) is 0.491. The number of anilines is 1. The van der Waals surface area contributed by atoms with E-state index in [0.29, 0.717) is 0 Å². The number of likely N-dealkylation sites (N-methyl/N-ethyl adjacent to an activating group) is 1. The van der Waals surface area contributed by atoms with Gasteiger partial charge in [-0.1, -0.05) is 36.0 Å². The van der Waals surface area contributed by atoms with Crippen LogP contribution in [0, 0.1) is 0 Å². The molecule has 31 heavy (non-hydrogen) atoms. The van der Waals surface area contributed by atoms with Crippen LogP contribution in [0.1, 0.15) is 26.3 Å². The molecule has 4 nitrogen and oxygen atoms in total. The Hall–Kier alpha value is -2.63. The molecule has 5 heteroatoms. The van der Waals surface area contributed by atoms with Crippen molar-refractivity contribution in [3.8, 4) is 11.3 Å². The van der Waals surface area contributed by atoms with Crippen LogP contribution in [-0.4, -0.2) is 48.1 Å². The SMILES string of the molecule is C/C=C(/C)S/C(=C/C)c1ccc2cnc(-c3ccnc(N4CCN(C)CC4)c3)cc2c1. The lowest BCUT2D eigenvalue weighted by molar-refractivity contribution is 0.312. The van der Waals surface area contributed by atoms with Gasteiger partial charge in [-0.3, -0.25) is 4.98 Å². The van der Waals surface area contributed by atoms with Gasteiger partial charge >= 0.3 is 0 Å². The van der Waals surface area contributed by atoms with E-state index in [2.05, 4.69) is 91.2 Å².